The molecule has 2 atom stereocenters. The van der Waals surface area contributed by atoms with Crippen molar-refractivity contribution in [2.45, 2.75) is 77.3 Å². The summed E-state index contributed by atoms with van der Waals surface area (Å²) in [4.78, 5) is 2.71. The van der Waals surface area contributed by atoms with Crippen LogP contribution >= 0.6 is 0 Å². The van der Waals surface area contributed by atoms with Gasteiger partial charge < -0.3 is 5.73 Å². The zero-order valence-corrected chi connectivity index (χ0v) is 11.3. The highest BCUT2D eigenvalue weighted by Gasteiger charge is 2.23. The smallest absolute Gasteiger partial charge is 0.00697 e. The van der Waals surface area contributed by atoms with E-state index in [9.17, 15) is 0 Å². The van der Waals surface area contributed by atoms with Gasteiger partial charge in [-0.05, 0) is 52.6 Å². The predicted octanol–water partition coefficient (Wildman–Crippen LogP) is 3.16. The molecule has 1 saturated heterocycles. The second-order valence-electron chi connectivity index (χ2n) is 5.42. The van der Waals surface area contributed by atoms with E-state index in [2.05, 4.69) is 18.7 Å². The number of likely N-dealkylation sites (tertiary alicyclic amines) is 1. The summed E-state index contributed by atoms with van der Waals surface area (Å²) in [6.07, 6.45) is 10.9. The summed E-state index contributed by atoms with van der Waals surface area (Å²) in [6, 6.07) is 1.63. The molecular formula is C14H30N2. The highest BCUT2D eigenvalue weighted by Crippen LogP contribution is 2.22. The Kier molecular flexibility index (Phi) is 7.06. The van der Waals surface area contributed by atoms with Crippen molar-refractivity contribution in [2.75, 3.05) is 13.1 Å². The molecule has 1 fully saturated rings. The second kappa shape index (κ2) is 8.08. The van der Waals surface area contributed by atoms with Crippen LogP contribution in [-0.2, 0) is 0 Å². The Labute approximate surface area is 102 Å². The van der Waals surface area contributed by atoms with E-state index in [1.165, 1.54) is 57.9 Å². The molecule has 1 rings (SSSR count). The average Bonchev–Trinajstić information content (AvgIpc) is 2.26. The van der Waals surface area contributed by atoms with Crippen LogP contribution in [0.5, 0.6) is 0 Å². The fourth-order valence-corrected chi connectivity index (χ4v) is 2.88. The number of nitrogens with zero attached hydrogens (tertiary/aromatic N) is 1. The van der Waals surface area contributed by atoms with E-state index in [0.29, 0.717) is 0 Å². The Morgan fingerprint density at radius 2 is 1.50 bits per heavy atom. The van der Waals surface area contributed by atoms with Crippen molar-refractivity contribution in [3.63, 3.8) is 0 Å². The van der Waals surface area contributed by atoms with Crippen molar-refractivity contribution in [2.24, 2.45) is 5.73 Å². The molecule has 2 nitrogen and oxygen atoms in total. The standard InChI is InChI=1S/C14H30N2/c1-13-9-8-10-14(2)16(13)12-7-5-3-4-6-11-15/h13-14H,3-12,15H2,1-2H3/t13-,14+. The molecule has 1 heterocycles. The minimum Gasteiger partial charge on any atom is -0.330 e. The molecule has 1 aliphatic heterocycles. The van der Waals surface area contributed by atoms with Crippen LogP contribution in [0.2, 0.25) is 0 Å². The van der Waals surface area contributed by atoms with E-state index < -0.39 is 0 Å². The van der Waals surface area contributed by atoms with E-state index in [-0.39, 0.29) is 0 Å². The fourth-order valence-electron chi connectivity index (χ4n) is 2.88. The van der Waals surface area contributed by atoms with Crippen LogP contribution in [0.25, 0.3) is 0 Å². The average molecular weight is 226 g/mol. The van der Waals surface area contributed by atoms with E-state index in [0.717, 1.165) is 18.6 Å². The lowest BCUT2D eigenvalue weighted by molar-refractivity contribution is 0.101. The number of hydrogen-bond acceptors (Lipinski definition) is 2. The Morgan fingerprint density at radius 3 is 2.12 bits per heavy atom. The third-order valence-corrected chi connectivity index (χ3v) is 4.00. The molecule has 0 radical (unpaired) electrons. The quantitative estimate of drug-likeness (QED) is 0.676. The maximum Gasteiger partial charge on any atom is 0.00697 e. The molecule has 0 spiro atoms. The third-order valence-electron chi connectivity index (χ3n) is 4.00. The molecule has 0 aromatic heterocycles. The molecule has 16 heavy (non-hydrogen) atoms. The van der Waals surface area contributed by atoms with Crippen LogP contribution in [0, 0.1) is 0 Å². The Morgan fingerprint density at radius 1 is 0.938 bits per heavy atom. The van der Waals surface area contributed by atoms with Crippen LogP contribution in [0.1, 0.15) is 65.2 Å². The summed E-state index contributed by atoms with van der Waals surface area (Å²) in [5, 5.41) is 0. The normalized spacial score (nSPS) is 27.2. The predicted molar refractivity (Wildman–Crippen MR) is 71.6 cm³/mol. The van der Waals surface area contributed by atoms with Crippen molar-refractivity contribution >= 4 is 0 Å². The molecule has 0 unspecified atom stereocenters. The largest absolute Gasteiger partial charge is 0.330 e. The number of unbranched alkanes of at least 4 members (excludes halogenated alkanes) is 4. The Hall–Kier alpha value is -0.0800. The van der Waals surface area contributed by atoms with Crippen LogP contribution < -0.4 is 5.73 Å². The van der Waals surface area contributed by atoms with Gasteiger partial charge in [-0.1, -0.05) is 25.7 Å². The van der Waals surface area contributed by atoms with Crippen molar-refractivity contribution in [1.82, 2.24) is 4.90 Å². The number of rotatable bonds is 7. The van der Waals surface area contributed by atoms with Crippen molar-refractivity contribution in [1.29, 1.82) is 0 Å². The van der Waals surface area contributed by atoms with Crippen LogP contribution in [0.4, 0.5) is 0 Å². The first-order valence-corrected chi connectivity index (χ1v) is 7.21. The monoisotopic (exact) mass is 226 g/mol. The zero-order chi connectivity index (χ0) is 11.8. The first-order chi connectivity index (χ1) is 7.75. The maximum absolute atomic E-state index is 5.49. The summed E-state index contributed by atoms with van der Waals surface area (Å²) in [5.41, 5.74) is 5.49. The van der Waals surface area contributed by atoms with Gasteiger partial charge in [0.2, 0.25) is 0 Å². The SMILES string of the molecule is C[C@@H]1CCC[C@H](C)N1CCCCCCCN. The van der Waals surface area contributed by atoms with Crippen molar-refractivity contribution < 1.29 is 0 Å². The molecule has 1 aliphatic rings. The Balaban J connectivity index is 2.06. The summed E-state index contributed by atoms with van der Waals surface area (Å²) in [6.45, 7) is 6.96. The van der Waals surface area contributed by atoms with Gasteiger partial charge in [-0.15, -0.1) is 0 Å². The number of nitrogens with two attached hydrogens (primary N) is 1. The van der Waals surface area contributed by atoms with Gasteiger partial charge in [0.1, 0.15) is 0 Å². The van der Waals surface area contributed by atoms with E-state index >= 15 is 0 Å². The van der Waals surface area contributed by atoms with Gasteiger partial charge in [0.05, 0.1) is 0 Å². The lowest BCUT2D eigenvalue weighted by Crippen LogP contribution is -2.44. The highest BCUT2D eigenvalue weighted by molar-refractivity contribution is 4.79. The molecule has 2 heteroatoms. The molecule has 96 valence electrons. The van der Waals surface area contributed by atoms with Crippen molar-refractivity contribution in [3.8, 4) is 0 Å². The molecule has 0 amide bonds. The van der Waals surface area contributed by atoms with Gasteiger partial charge in [-0.2, -0.15) is 0 Å². The second-order valence-corrected chi connectivity index (χ2v) is 5.42. The van der Waals surface area contributed by atoms with Gasteiger partial charge in [0.25, 0.3) is 0 Å². The lowest BCUT2D eigenvalue weighted by atomic mass is 9.97. The minimum absolute atomic E-state index is 0.813. The Bertz CT molecular complexity index is 160. The fraction of sp³-hybridized carbons (Fsp3) is 1.00. The first kappa shape index (κ1) is 14.0. The summed E-state index contributed by atoms with van der Waals surface area (Å²) >= 11 is 0. The number of hydrogen-bond donors (Lipinski definition) is 1. The third kappa shape index (κ3) is 4.84. The molecule has 0 bridgehead atoms. The molecule has 0 aromatic carbocycles. The lowest BCUT2D eigenvalue weighted by Gasteiger charge is -2.39. The summed E-state index contributed by atoms with van der Waals surface area (Å²) in [7, 11) is 0. The summed E-state index contributed by atoms with van der Waals surface area (Å²) in [5.74, 6) is 0. The van der Waals surface area contributed by atoms with Gasteiger partial charge in [-0.25, -0.2) is 0 Å². The molecular weight excluding hydrogens is 196 g/mol. The maximum atomic E-state index is 5.49. The van der Waals surface area contributed by atoms with Gasteiger partial charge in [0, 0.05) is 12.1 Å². The van der Waals surface area contributed by atoms with Crippen molar-refractivity contribution in [3.05, 3.63) is 0 Å². The molecule has 0 aromatic rings. The summed E-state index contributed by atoms with van der Waals surface area (Å²) < 4.78 is 0. The topological polar surface area (TPSA) is 29.3 Å². The highest BCUT2D eigenvalue weighted by atomic mass is 15.2. The molecule has 2 N–H and O–H groups in total. The minimum atomic E-state index is 0.813. The van der Waals surface area contributed by atoms with Gasteiger partial charge in [-0.3, -0.25) is 4.90 Å². The number of piperidine rings is 1. The van der Waals surface area contributed by atoms with E-state index in [4.69, 9.17) is 5.73 Å². The van der Waals surface area contributed by atoms with Gasteiger partial charge >= 0.3 is 0 Å². The zero-order valence-electron chi connectivity index (χ0n) is 11.3. The first-order valence-electron chi connectivity index (χ1n) is 7.21. The van der Waals surface area contributed by atoms with E-state index in [1.807, 2.05) is 0 Å². The van der Waals surface area contributed by atoms with Crippen LogP contribution in [0.3, 0.4) is 0 Å². The molecule has 0 saturated carbocycles. The van der Waals surface area contributed by atoms with Crippen LogP contribution in [-0.4, -0.2) is 30.1 Å². The molecule has 0 aliphatic carbocycles. The van der Waals surface area contributed by atoms with Crippen LogP contribution in [0.15, 0.2) is 0 Å². The van der Waals surface area contributed by atoms with E-state index in [1.54, 1.807) is 0 Å². The van der Waals surface area contributed by atoms with Gasteiger partial charge in [0.15, 0.2) is 0 Å².